The van der Waals surface area contributed by atoms with Crippen molar-refractivity contribution in [2.75, 3.05) is 6.54 Å². The first-order valence-corrected chi connectivity index (χ1v) is 19.7. The molecule has 7 amide bonds. The van der Waals surface area contributed by atoms with Gasteiger partial charge in [0.05, 0.1) is 19.0 Å². The molecule has 1 aliphatic carbocycles. The number of aromatic hydroxyl groups is 1. The highest BCUT2D eigenvalue weighted by atomic mass is 16.4. The van der Waals surface area contributed by atoms with Crippen molar-refractivity contribution in [3.05, 3.63) is 65.7 Å². The molecule has 1 saturated carbocycles. The summed E-state index contributed by atoms with van der Waals surface area (Å²) < 4.78 is 0. The Morgan fingerprint density at radius 1 is 0.661 bits per heavy atom. The molecule has 0 spiro atoms. The summed E-state index contributed by atoms with van der Waals surface area (Å²) in [7, 11) is 0. The number of aliphatic carboxylic acids is 1. The van der Waals surface area contributed by atoms with Crippen LogP contribution in [0.1, 0.15) is 70.9 Å². The lowest BCUT2D eigenvalue weighted by atomic mass is 9.85. The molecule has 0 aromatic heterocycles. The van der Waals surface area contributed by atoms with Crippen molar-refractivity contribution in [3.63, 3.8) is 0 Å². The van der Waals surface area contributed by atoms with Gasteiger partial charge in [-0.3, -0.25) is 38.4 Å². The predicted octanol–water partition coefficient (Wildman–Crippen LogP) is -0.493. The molecule has 2 aromatic rings. The number of benzene rings is 2. The lowest BCUT2D eigenvalue weighted by Gasteiger charge is -2.31. The van der Waals surface area contributed by atoms with E-state index in [9.17, 15) is 48.6 Å². The predicted molar refractivity (Wildman–Crippen MR) is 216 cm³/mol. The van der Waals surface area contributed by atoms with Crippen LogP contribution in [-0.4, -0.2) is 100 Å². The summed E-state index contributed by atoms with van der Waals surface area (Å²) in [4.78, 5) is 103. The van der Waals surface area contributed by atoms with Gasteiger partial charge in [-0.05, 0) is 67.2 Å². The Balaban J connectivity index is 1.68. The Kier molecular flexibility index (Phi) is 18.3. The molecule has 0 radical (unpaired) electrons. The first-order chi connectivity index (χ1) is 27.8. The number of nitrogens with one attached hydrogen (secondary N) is 6. The smallest absolute Gasteiger partial charge is 0.305 e. The van der Waals surface area contributed by atoms with Gasteiger partial charge >= 0.3 is 5.97 Å². The molecule has 0 unspecified atom stereocenters. The van der Waals surface area contributed by atoms with Crippen molar-refractivity contribution in [2.45, 2.75) is 109 Å². The Morgan fingerprint density at radius 3 is 1.76 bits per heavy atom. The zero-order chi connectivity index (χ0) is 43.8. The van der Waals surface area contributed by atoms with Crippen LogP contribution in [-0.2, 0) is 51.2 Å². The molecule has 1 aliphatic rings. The van der Waals surface area contributed by atoms with Crippen molar-refractivity contribution >= 4 is 47.3 Å². The fourth-order valence-electron chi connectivity index (χ4n) is 6.64. The maximum absolute atomic E-state index is 13.9. The van der Waals surface area contributed by atoms with E-state index in [0.717, 1.165) is 5.56 Å². The lowest BCUT2D eigenvalue weighted by molar-refractivity contribution is -0.142. The monoisotopic (exact) mass is 822 g/mol. The highest BCUT2D eigenvalue weighted by Crippen LogP contribution is 2.25. The van der Waals surface area contributed by atoms with E-state index in [2.05, 4.69) is 31.9 Å². The van der Waals surface area contributed by atoms with E-state index in [0.29, 0.717) is 31.2 Å². The summed E-state index contributed by atoms with van der Waals surface area (Å²) in [6, 6.07) is 8.89. The number of carboxylic acid groups (broad SMARTS) is 1. The van der Waals surface area contributed by atoms with Gasteiger partial charge in [-0.25, -0.2) is 0 Å². The summed E-state index contributed by atoms with van der Waals surface area (Å²) in [6.45, 7) is 6.10. The van der Waals surface area contributed by atoms with Crippen molar-refractivity contribution in [1.82, 2.24) is 31.9 Å². The molecule has 0 heterocycles. The van der Waals surface area contributed by atoms with Gasteiger partial charge in [-0.1, -0.05) is 70.2 Å². The molecule has 3 rings (SSSR count). The molecule has 1 fully saturated rings. The third-order valence-corrected chi connectivity index (χ3v) is 10.0. The van der Waals surface area contributed by atoms with Gasteiger partial charge in [-0.15, -0.1) is 0 Å². The van der Waals surface area contributed by atoms with Crippen LogP contribution in [0.3, 0.4) is 0 Å². The molecule has 0 saturated heterocycles. The van der Waals surface area contributed by atoms with Gasteiger partial charge in [0.2, 0.25) is 41.4 Å². The maximum Gasteiger partial charge on any atom is 0.305 e. The van der Waals surface area contributed by atoms with Crippen molar-refractivity contribution in [2.24, 2.45) is 29.2 Å². The largest absolute Gasteiger partial charge is 0.508 e. The van der Waals surface area contributed by atoms with Gasteiger partial charge < -0.3 is 53.6 Å². The number of phenols is 1. The zero-order valence-corrected chi connectivity index (χ0v) is 33.9. The quantitative estimate of drug-likeness (QED) is 0.0766. The van der Waals surface area contributed by atoms with Crippen molar-refractivity contribution < 1.29 is 48.6 Å². The average Bonchev–Trinajstić information content (AvgIpc) is 3.18. The van der Waals surface area contributed by atoms with Gasteiger partial charge in [0.15, 0.2) is 0 Å². The number of primary amides is 1. The van der Waals surface area contributed by atoms with Gasteiger partial charge in [0.1, 0.15) is 29.9 Å². The fourth-order valence-corrected chi connectivity index (χ4v) is 6.64. The minimum Gasteiger partial charge on any atom is -0.508 e. The van der Waals surface area contributed by atoms with Crippen molar-refractivity contribution in [3.8, 4) is 5.75 Å². The van der Waals surface area contributed by atoms with Crippen LogP contribution in [0.2, 0.25) is 0 Å². The van der Waals surface area contributed by atoms with E-state index in [1.165, 1.54) is 12.1 Å². The van der Waals surface area contributed by atoms with E-state index in [-0.39, 0.29) is 30.5 Å². The average molecular weight is 823 g/mol. The summed E-state index contributed by atoms with van der Waals surface area (Å²) in [5.41, 5.74) is 12.7. The Bertz CT molecular complexity index is 1780. The number of phenolic OH excluding ortho intramolecular Hbond substituents is 1. The molecule has 12 N–H and O–H groups in total. The second-order valence-electron chi connectivity index (χ2n) is 15.6. The highest BCUT2D eigenvalue weighted by molar-refractivity contribution is 5.97. The normalized spacial score (nSPS) is 17.6. The first kappa shape index (κ1) is 47.3. The Hall–Kier alpha value is -6.04. The standard InChI is InChI=1S/C41H58N8O10/c1-22(2)34(40(58)44-21-32(43)51)49-41(59)35(23(3)4)48-39(57)31(20-33(52)53)47-38(56)30(19-24-8-6-5-7-9-24)46-36(54)26-12-14-27(15-13-26)45-37(55)29(42)18-25-10-16-28(50)17-11-25/h5-11,16-17,22-23,26-27,29-31,34-35,50H,12-15,18-21,42H2,1-4H3,(H2,43,51)(H,44,58)(H,45,55)(H,46,54)(H,47,56)(H,48,57)(H,49,59)(H,52,53)/t26?,27?,29-,30-,31-,34-,35-/m0/s1. The van der Waals surface area contributed by atoms with Crippen LogP contribution < -0.4 is 43.4 Å². The van der Waals surface area contributed by atoms with E-state index in [1.54, 1.807) is 70.2 Å². The summed E-state index contributed by atoms with van der Waals surface area (Å²) in [6.07, 6.45) is 1.19. The topological polar surface area (TPSA) is 301 Å². The van der Waals surface area contributed by atoms with E-state index < -0.39 is 102 Å². The molecule has 59 heavy (non-hydrogen) atoms. The fraction of sp³-hybridized carbons (Fsp3) is 0.512. The third-order valence-electron chi connectivity index (χ3n) is 10.0. The molecule has 18 heteroatoms. The number of hydrogen-bond acceptors (Lipinski definition) is 10. The molecule has 18 nitrogen and oxygen atoms in total. The molecule has 0 aliphatic heterocycles. The minimum absolute atomic E-state index is 0.00950. The number of nitrogens with two attached hydrogens (primary N) is 2. The summed E-state index contributed by atoms with van der Waals surface area (Å²) in [5.74, 6) is -7.61. The van der Waals surface area contributed by atoms with E-state index in [4.69, 9.17) is 11.5 Å². The number of amides is 7. The van der Waals surface area contributed by atoms with Crippen molar-refractivity contribution in [1.29, 1.82) is 0 Å². The molecule has 0 bridgehead atoms. The molecule has 2 aromatic carbocycles. The molecule has 5 atom stereocenters. The number of carbonyl (C=O) groups excluding carboxylic acids is 7. The number of carbonyl (C=O) groups is 8. The SMILES string of the molecule is CC(C)[C@H](NC(=O)[C@H](CC(=O)O)NC(=O)[C@H](Cc1ccccc1)NC(=O)C1CCC(NC(=O)[C@@H](N)Cc2ccc(O)cc2)CC1)C(=O)N[C@H](C(=O)NCC(N)=O)C(C)C. The Morgan fingerprint density at radius 2 is 1.20 bits per heavy atom. The first-order valence-electron chi connectivity index (χ1n) is 19.7. The molecular weight excluding hydrogens is 764 g/mol. The number of carboxylic acids is 1. The summed E-state index contributed by atoms with van der Waals surface area (Å²) >= 11 is 0. The van der Waals surface area contributed by atoms with Gasteiger partial charge in [0, 0.05) is 18.4 Å². The number of rotatable bonds is 21. The van der Waals surface area contributed by atoms with Crippen LogP contribution in [0.25, 0.3) is 0 Å². The van der Waals surface area contributed by atoms with E-state index in [1.807, 2.05) is 0 Å². The summed E-state index contributed by atoms with van der Waals surface area (Å²) in [5, 5.41) is 34.8. The number of hydrogen-bond donors (Lipinski definition) is 10. The third kappa shape index (κ3) is 15.7. The second-order valence-corrected chi connectivity index (χ2v) is 15.6. The highest BCUT2D eigenvalue weighted by Gasteiger charge is 2.36. The molecular formula is C41H58N8O10. The maximum atomic E-state index is 13.9. The van der Waals surface area contributed by atoms with E-state index >= 15 is 0 Å². The van der Waals surface area contributed by atoms with Crippen LogP contribution in [0.5, 0.6) is 5.75 Å². The van der Waals surface area contributed by atoms with Crippen LogP contribution >= 0.6 is 0 Å². The Labute approximate surface area is 343 Å². The lowest BCUT2D eigenvalue weighted by Crippen LogP contribution is -2.60. The molecule has 322 valence electrons. The van der Waals surface area contributed by atoms with Crippen LogP contribution in [0, 0.1) is 17.8 Å². The second kappa shape index (κ2) is 22.8. The minimum atomic E-state index is -1.66. The van der Waals surface area contributed by atoms with Gasteiger partial charge in [-0.2, -0.15) is 0 Å². The van der Waals surface area contributed by atoms with Gasteiger partial charge in [0.25, 0.3) is 0 Å². The zero-order valence-electron chi connectivity index (χ0n) is 33.9. The van der Waals surface area contributed by atoms with Crippen LogP contribution in [0.15, 0.2) is 54.6 Å². The van der Waals surface area contributed by atoms with Crippen LogP contribution in [0.4, 0.5) is 0 Å².